The Morgan fingerprint density at radius 1 is 0.912 bits per heavy atom. The van der Waals surface area contributed by atoms with Crippen molar-refractivity contribution in [2.24, 2.45) is 0 Å². The first-order valence-corrected chi connectivity index (χ1v) is 11.9. The maximum Gasteiger partial charge on any atom is 0.226 e. The molecule has 0 fully saturated rings. The number of benzene rings is 2. The van der Waals surface area contributed by atoms with Crippen molar-refractivity contribution >= 4 is 11.8 Å². The lowest BCUT2D eigenvalue weighted by atomic mass is 10.2. The fourth-order valence-electron chi connectivity index (χ4n) is 3.54. The molecule has 7 nitrogen and oxygen atoms in total. The topological polar surface area (TPSA) is 78.9 Å². The Morgan fingerprint density at radius 3 is 2.41 bits per heavy atom. The average molecular weight is 470 g/mol. The van der Waals surface area contributed by atoms with Gasteiger partial charge in [0.05, 0.1) is 12.3 Å². The number of pyridine rings is 1. The van der Waals surface area contributed by atoms with Gasteiger partial charge in [-0.2, -0.15) is 0 Å². The lowest BCUT2D eigenvalue weighted by molar-refractivity contribution is 0.340. The maximum atomic E-state index is 5.93. The van der Waals surface area contributed by atoms with Crippen LogP contribution in [0.2, 0.25) is 0 Å². The Morgan fingerprint density at radius 2 is 1.68 bits per heavy atom. The number of oxazole rings is 1. The first-order valence-electron chi connectivity index (χ1n) is 11.0. The highest BCUT2D eigenvalue weighted by atomic mass is 32.2. The second-order valence-electron chi connectivity index (χ2n) is 7.48. The van der Waals surface area contributed by atoms with Crippen LogP contribution in [0, 0.1) is 6.92 Å². The lowest BCUT2D eigenvalue weighted by Gasteiger charge is -2.11. The third-order valence-electron chi connectivity index (χ3n) is 5.23. The number of rotatable bonds is 8. The fourth-order valence-corrected chi connectivity index (χ4v) is 4.49. The van der Waals surface area contributed by atoms with Crippen LogP contribution in [0.1, 0.15) is 18.4 Å². The smallest absolute Gasteiger partial charge is 0.226 e. The molecule has 0 aliphatic rings. The van der Waals surface area contributed by atoms with E-state index in [9.17, 15) is 0 Å². The molecule has 0 radical (unpaired) electrons. The molecule has 2 aromatic carbocycles. The molecule has 0 atom stereocenters. The highest BCUT2D eigenvalue weighted by molar-refractivity contribution is 7.98. The van der Waals surface area contributed by atoms with E-state index in [0.717, 1.165) is 45.0 Å². The van der Waals surface area contributed by atoms with Gasteiger partial charge in [-0.1, -0.05) is 30.0 Å². The summed E-state index contributed by atoms with van der Waals surface area (Å²) < 4.78 is 13.6. The molecule has 3 aromatic heterocycles. The first-order chi connectivity index (χ1) is 16.7. The van der Waals surface area contributed by atoms with Gasteiger partial charge in [-0.3, -0.25) is 9.55 Å². The van der Waals surface area contributed by atoms with Crippen molar-refractivity contribution in [3.05, 3.63) is 90.6 Å². The average Bonchev–Trinajstić information content (AvgIpc) is 3.48. The van der Waals surface area contributed by atoms with E-state index in [1.165, 1.54) is 0 Å². The molecule has 170 valence electrons. The van der Waals surface area contributed by atoms with Gasteiger partial charge in [-0.15, -0.1) is 10.2 Å². The largest absolute Gasteiger partial charge is 0.494 e. The highest BCUT2D eigenvalue weighted by Gasteiger charge is 2.18. The molecule has 0 saturated heterocycles. The van der Waals surface area contributed by atoms with Gasteiger partial charge in [-0.05, 0) is 62.4 Å². The van der Waals surface area contributed by atoms with Crippen molar-refractivity contribution in [2.75, 3.05) is 6.61 Å². The molecule has 5 rings (SSSR count). The molecule has 0 unspecified atom stereocenters. The zero-order valence-electron chi connectivity index (χ0n) is 18.9. The summed E-state index contributed by atoms with van der Waals surface area (Å²) in [5.74, 6) is 3.60. The summed E-state index contributed by atoms with van der Waals surface area (Å²) in [6, 6.07) is 21.7. The van der Waals surface area contributed by atoms with Crippen molar-refractivity contribution in [1.82, 2.24) is 24.7 Å². The van der Waals surface area contributed by atoms with E-state index in [1.54, 1.807) is 24.2 Å². The van der Waals surface area contributed by atoms with Crippen molar-refractivity contribution in [2.45, 2.75) is 24.8 Å². The van der Waals surface area contributed by atoms with Gasteiger partial charge in [0.25, 0.3) is 0 Å². The van der Waals surface area contributed by atoms with Crippen LogP contribution in [0.5, 0.6) is 5.75 Å². The molecule has 0 amide bonds. The molecule has 0 bridgehead atoms. The minimum atomic E-state index is 0.605. The van der Waals surface area contributed by atoms with E-state index in [2.05, 4.69) is 15.2 Å². The van der Waals surface area contributed by atoms with Gasteiger partial charge in [0.1, 0.15) is 11.5 Å². The molecular formula is C26H23N5O2S. The number of aromatic nitrogens is 5. The zero-order valence-corrected chi connectivity index (χ0v) is 19.7. The predicted octanol–water partition coefficient (Wildman–Crippen LogP) is 5.98. The van der Waals surface area contributed by atoms with E-state index in [0.29, 0.717) is 18.3 Å². The van der Waals surface area contributed by atoms with Crippen molar-refractivity contribution in [3.63, 3.8) is 0 Å². The van der Waals surface area contributed by atoms with Crippen LogP contribution >= 0.6 is 11.8 Å². The summed E-state index contributed by atoms with van der Waals surface area (Å²) in [4.78, 5) is 8.85. The Hall–Kier alpha value is -3.91. The summed E-state index contributed by atoms with van der Waals surface area (Å²) in [5.41, 5.74) is 3.73. The van der Waals surface area contributed by atoms with Crippen LogP contribution < -0.4 is 4.74 Å². The number of ether oxygens (including phenoxy) is 1. The Kier molecular flexibility index (Phi) is 6.40. The molecule has 0 spiro atoms. The minimum absolute atomic E-state index is 0.605. The van der Waals surface area contributed by atoms with Gasteiger partial charge in [-0.25, -0.2) is 4.98 Å². The fraction of sp³-hybridized carbons (Fsp3) is 0.154. The van der Waals surface area contributed by atoms with E-state index >= 15 is 0 Å². The molecule has 0 saturated carbocycles. The number of aryl methyl sites for hydroxylation is 1. The highest BCUT2D eigenvalue weighted by Crippen LogP contribution is 2.32. The van der Waals surface area contributed by atoms with Crippen LogP contribution in [-0.2, 0) is 5.75 Å². The quantitative estimate of drug-likeness (QED) is 0.259. The first kappa shape index (κ1) is 21.9. The maximum absolute atomic E-state index is 5.93. The number of hydrogen-bond acceptors (Lipinski definition) is 7. The van der Waals surface area contributed by atoms with E-state index in [1.807, 2.05) is 85.1 Å². The van der Waals surface area contributed by atoms with Crippen LogP contribution in [0.25, 0.3) is 28.5 Å². The van der Waals surface area contributed by atoms with Gasteiger partial charge >= 0.3 is 0 Å². The standard InChI is InChI=1S/C26H23N5O2S/c1-3-32-22-11-9-21(10-12-22)31-24(19-13-15-27-16-14-19)29-30-26(31)34-17-23-18(2)33-25(28-23)20-7-5-4-6-8-20/h4-16H,3,17H2,1-2H3. The number of nitrogens with zero attached hydrogens (tertiary/aromatic N) is 5. The van der Waals surface area contributed by atoms with Gasteiger partial charge in [0, 0.05) is 35.0 Å². The van der Waals surface area contributed by atoms with Crippen LogP contribution in [0.4, 0.5) is 0 Å². The predicted molar refractivity (Wildman–Crippen MR) is 132 cm³/mol. The van der Waals surface area contributed by atoms with Crippen LogP contribution in [0.3, 0.4) is 0 Å². The van der Waals surface area contributed by atoms with E-state index < -0.39 is 0 Å². The molecule has 0 aliphatic carbocycles. The second kappa shape index (κ2) is 9.93. The van der Waals surface area contributed by atoms with Crippen molar-refractivity contribution in [3.8, 4) is 34.3 Å². The minimum Gasteiger partial charge on any atom is -0.494 e. The summed E-state index contributed by atoms with van der Waals surface area (Å²) >= 11 is 1.57. The molecule has 3 heterocycles. The summed E-state index contributed by atoms with van der Waals surface area (Å²) in [6.07, 6.45) is 3.51. The monoisotopic (exact) mass is 469 g/mol. The van der Waals surface area contributed by atoms with Crippen LogP contribution in [-0.4, -0.2) is 31.3 Å². The summed E-state index contributed by atoms with van der Waals surface area (Å²) in [5, 5.41) is 9.77. The normalized spacial score (nSPS) is 11.0. The molecule has 0 aliphatic heterocycles. The van der Waals surface area contributed by atoms with Gasteiger partial charge in [0.2, 0.25) is 5.89 Å². The van der Waals surface area contributed by atoms with E-state index in [4.69, 9.17) is 14.1 Å². The summed E-state index contributed by atoms with van der Waals surface area (Å²) in [6.45, 7) is 4.53. The Labute approximate surface area is 201 Å². The van der Waals surface area contributed by atoms with E-state index in [-0.39, 0.29) is 0 Å². The van der Waals surface area contributed by atoms with Gasteiger partial charge < -0.3 is 9.15 Å². The Balaban J connectivity index is 1.46. The van der Waals surface area contributed by atoms with Crippen molar-refractivity contribution < 1.29 is 9.15 Å². The van der Waals surface area contributed by atoms with Crippen LogP contribution in [0.15, 0.2) is 88.7 Å². The molecule has 5 aromatic rings. The molecule has 0 N–H and O–H groups in total. The van der Waals surface area contributed by atoms with Crippen molar-refractivity contribution in [1.29, 1.82) is 0 Å². The Bertz CT molecular complexity index is 1370. The second-order valence-corrected chi connectivity index (χ2v) is 8.42. The third-order valence-corrected chi connectivity index (χ3v) is 6.17. The number of hydrogen-bond donors (Lipinski definition) is 0. The number of thioether (sulfide) groups is 1. The molecule has 34 heavy (non-hydrogen) atoms. The van der Waals surface area contributed by atoms with Gasteiger partial charge in [0.15, 0.2) is 11.0 Å². The SMILES string of the molecule is CCOc1ccc(-n2c(SCc3nc(-c4ccccc4)oc3C)nnc2-c2ccncc2)cc1. The molecule has 8 heteroatoms. The zero-order chi connectivity index (χ0) is 23.3. The summed E-state index contributed by atoms with van der Waals surface area (Å²) in [7, 11) is 0. The third kappa shape index (κ3) is 4.58. The molecular weight excluding hydrogens is 446 g/mol. The lowest BCUT2D eigenvalue weighted by Crippen LogP contribution is -2.00.